The fourth-order valence-corrected chi connectivity index (χ4v) is 2.13. The standard InChI is InChI=1S/C14H24N2O4/c1-8(2)5-10-13(18)16-11(6-9(3)4)14(19)20-7-12(17)15-10/h8-11H,5-7H2,1-4H3,(H,15,17)(H,16,18)/t10-,11-/m0/s1. The fraction of sp³-hybridized carbons (Fsp3) is 0.786. The van der Waals surface area contributed by atoms with Crippen molar-refractivity contribution in [1.29, 1.82) is 0 Å². The van der Waals surface area contributed by atoms with Crippen LogP contribution in [0.2, 0.25) is 0 Å². The Morgan fingerprint density at radius 1 is 1.00 bits per heavy atom. The maximum Gasteiger partial charge on any atom is 0.329 e. The Bertz CT molecular complexity index is 371. The molecule has 0 aromatic heterocycles. The molecule has 0 saturated carbocycles. The summed E-state index contributed by atoms with van der Waals surface area (Å²) in [6.45, 7) is 7.53. The first-order chi connectivity index (χ1) is 9.29. The summed E-state index contributed by atoms with van der Waals surface area (Å²) in [7, 11) is 0. The molecule has 1 saturated heterocycles. The van der Waals surface area contributed by atoms with Crippen molar-refractivity contribution in [2.75, 3.05) is 6.61 Å². The molecule has 0 aromatic rings. The van der Waals surface area contributed by atoms with E-state index in [4.69, 9.17) is 4.74 Å². The molecule has 0 aliphatic carbocycles. The van der Waals surface area contributed by atoms with E-state index in [9.17, 15) is 14.4 Å². The first-order valence-electron chi connectivity index (χ1n) is 7.06. The summed E-state index contributed by atoms with van der Waals surface area (Å²) in [4.78, 5) is 35.7. The molecule has 1 aliphatic heterocycles. The van der Waals surface area contributed by atoms with Crippen LogP contribution < -0.4 is 10.6 Å². The van der Waals surface area contributed by atoms with Crippen LogP contribution in [0, 0.1) is 11.8 Å². The van der Waals surface area contributed by atoms with E-state index in [-0.39, 0.29) is 24.3 Å². The van der Waals surface area contributed by atoms with E-state index in [1.54, 1.807) is 0 Å². The molecule has 2 N–H and O–H groups in total. The van der Waals surface area contributed by atoms with Gasteiger partial charge in [0.15, 0.2) is 6.61 Å². The van der Waals surface area contributed by atoms with Gasteiger partial charge in [0.05, 0.1) is 0 Å². The third-order valence-corrected chi connectivity index (χ3v) is 3.01. The summed E-state index contributed by atoms with van der Waals surface area (Å²) in [5, 5.41) is 5.29. The van der Waals surface area contributed by atoms with Gasteiger partial charge in [0.25, 0.3) is 5.91 Å². The third-order valence-electron chi connectivity index (χ3n) is 3.01. The molecule has 1 rings (SSSR count). The lowest BCUT2D eigenvalue weighted by Crippen LogP contribution is -2.50. The lowest BCUT2D eigenvalue weighted by Gasteiger charge is -2.21. The summed E-state index contributed by atoms with van der Waals surface area (Å²) in [5.41, 5.74) is 0. The molecule has 2 atom stereocenters. The number of ether oxygens (including phenoxy) is 1. The lowest BCUT2D eigenvalue weighted by atomic mass is 10.0. The molecule has 0 unspecified atom stereocenters. The largest absolute Gasteiger partial charge is 0.454 e. The van der Waals surface area contributed by atoms with E-state index in [1.807, 2.05) is 27.7 Å². The SMILES string of the molecule is CC(C)C[C@@H]1NC(=O)COC(=O)[C@H](CC(C)C)NC1=O. The highest BCUT2D eigenvalue weighted by atomic mass is 16.5. The number of hydrogen-bond donors (Lipinski definition) is 2. The van der Waals surface area contributed by atoms with Gasteiger partial charge in [0, 0.05) is 0 Å². The van der Waals surface area contributed by atoms with E-state index < -0.39 is 24.0 Å². The fourth-order valence-electron chi connectivity index (χ4n) is 2.13. The van der Waals surface area contributed by atoms with Crippen LogP contribution in [0.3, 0.4) is 0 Å². The Balaban J connectivity index is 2.86. The van der Waals surface area contributed by atoms with Gasteiger partial charge in [-0.3, -0.25) is 9.59 Å². The highest BCUT2D eigenvalue weighted by molar-refractivity contribution is 5.93. The van der Waals surface area contributed by atoms with Crippen molar-refractivity contribution >= 4 is 17.8 Å². The van der Waals surface area contributed by atoms with Crippen LogP contribution in [0.25, 0.3) is 0 Å². The Morgan fingerprint density at radius 2 is 1.55 bits per heavy atom. The monoisotopic (exact) mass is 284 g/mol. The van der Waals surface area contributed by atoms with Crippen molar-refractivity contribution in [2.24, 2.45) is 11.8 Å². The minimum absolute atomic E-state index is 0.237. The van der Waals surface area contributed by atoms with Gasteiger partial charge in [-0.15, -0.1) is 0 Å². The molecule has 1 heterocycles. The number of rotatable bonds is 4. The van der Waals surface area contributed by atoms with E-state index in [0.29, 0.717) is 12.8 Å². The first kappa shape index (κ1) is 16.5. The molecule has 114 valence electrons. The Morgan fingerprint density at radius 3 is 2.10 bits per heavy atom. The van der Waals surface area contributed by atoms with Crippen LogP contribution in [0.5, 0.6) is 0 Å². The molecule has 0 bridgehead atoms. The molecule has 0 radical (unpaired) electrons. The molecule has 6 heteroatoms. The molecule has 0 spiro atoms. The van der Waals surface area contributed by atoms with Crippen molar-refractivity contribution in [3.05, 3.63) is 0 Å². The maximum atomic E-state index is 12.2. The normalized spacial score (nSPS) is 24.6. The predicted molar refractivity (Wildman–Crippen MR) is 73.7 cm³/mol. The number of nitrogens with one attached hydrogen (secondary N) is 2. The zero-order valence-electron chi connectivity index (χ0n) is 12.6. The smallest absolute Gasteiger partial charge is 0.329 e. The van der Waals surface area contributed by atoms with Crippen molar-refractivity contribution in [1.82, 2.24) is 10.6 Å². The lowest BCUT2D eigenvalue weighted by molar-refractivity contribution is -0.150. The van der Waals surface area contributed by atoms with Gasteiger partial charge in [0.2, 0.25) is 5.91 Å². The zero-order valence-corrected chi connectivity index (χ0v) is 12.6. The molecular formula is C14H24N2O4. The van der Waals surface area contributed by atoms with Crippen LogP contribution >= 0.6 is 0 Å². The average molecular weight is 284 g/mol. The Labute approximate surface area is 119 Å². The molecule has 1 fully saturated rings. The van der Waals surface area contributed by atoms with Crippen molar-refractivity contribution in [3.8, 4) is 0 Å². The molecule has 2 amide bonds. The third kappa shape index (κ3) is 5.19. The van der Waals surface area contributed by atoms with Crippen molar-refractivity contribution in [3.63, 3.8) is 0 Å². The second-order valence-electron chi connectivity index (χ2n) is 6.05. The van der Waals surface area contributed by atoms with Crippen LogP contribution in [0.4, 0.5) is 0 Å². The quantitative estimate of drug-likeness (QED) is 0.741. The van der Waals surface area contributed by atoms with Gasteiger partial charge in [-0.25, -0.2) is 4.79 Å². The number of esters is 1. The van der Waals surface area contributed by atoms with Gasteiger partial charge < -0.3 is 15.4 Å². The number of carbonyl (C=O) groups excluding carboxylic acids is 3. The molecule has 20 heavy (non-hydrogen) atoms. The van der Waals surface area contributed by atoms with Gasteiger partial charge in [-0.05, 0) is 24.7 Å². The van der Waals surface area contributed by atoms with Crippen LogP contribution in [0.1, 0.15) is 40.5 Å². The number of cyclic esters (lactones) is 1. The number of carbonyl (C=O) groups is 3. The number of amides is 2. The highest BCUT2D eigenvalue weighted by Gasteiger charge is 2.31. The molecular weight excluding hydrogens is 260 g/mol. The van der Waals surface area contributed by atoms with Crippen LogP contribution in [0.15, 0.2) is 0 Å². The maximum absolute atomic E-state index is 12.2. The minimum Gasteiger partial charge on any atom is -0.454 e. The van der Waals surface area contributed by atoms with Crippen LogP contribution in [-0.4, -0.2) is 36.5 Å². The summed E-state index contributed by atoms with van der Waals surface area (Å²) in [6, 6.07) is -1.31. The van der Waals surface area contributed by atoms with Gasteiger partial charge in [0.1, 0.15) is 12.1 Å². The van der Waals surface area contributed by atoms with E-state index >= 15 is 0 Å². The summed E-state index contributed by atoms with van der Waals surface area (Å²) < 4.78 is 4.92. The summed E-state index contributed by atoms with van der Waals surface area (Å²) in [5.74, 6) is -0.818. The van der Waals surface area contributed by atoms with Crippen molar-refractivity contribution in [2.45, 2.75) is 52.6 Å². The second kappa shape index (κ2) is 7.26. The van der Waals surface area contributed by atoms with E-state index in [2.05, 4.69) is 10.6 Å². The van der Waals surface area contributed by atoms with E-state index in [1.165, 1.54) is 0 Å². The first-order valence-corrected chi connectivity index (χ1v) is 7.06. The van der Waals surface area contributed by atoms with Gasteiger partial charge in [-0.2, -0.15) is 0 Å². The number of hydrogen-bond acceptors (Lipinski definition) is 4. The van der Waals surface area contributed by atoms with E-state index in [0.717, 1.165) is 0 Å². The molecule has 1 aliphatic rings. The zero-order chi connectivity index (χ0) is 15.3. The highest BCUT2D eigenvalue weighted by Crippen LogP contribution is 2.10. The topological polar surface area (TPSA) is 84.5 Å². The predicted octanol–water partition coefficient (Wildman–Crippen LogP) is 0.605. The van der Waals surface area contributed by atoms with Gasteiger partial charge in [-0.1, -0.05) is 27.7 Å². The molecule has 6 nitrogen and oxygen atoms in total. The van der Waals surface area contributed by atoms with Crippen LogP contribution in [-0.2, 0) is 19.1 Å². The molecule has 0 aromatic carbocycles. The summed E-state index contributed by atoms with van der Waals surface area (Å²) >= 11 is 0. The Hall–Kier alpha value is -1.59. The second-order valence-corrected chi connectivity index (χ2v) is 6.05. The summed E-state index contributed by atoms with van der Waals surface area (Å²) in [6.07, 6.45) is 1.02. The van der Waals surface area contributed by atoms with Crippen molar-refractivity contribution < 1.29 is 19.1 Å². The Kier molecular flexibility index (Phi) is 5.98. The minimum atomic E-state index is -0.690. The van der Waals surface area contributed by atoms with Gasteiger partial charge >= 0.3 is 5.97 Å². The average Bonchev–Trinajstić information content (AvgIpc) is 2.35.